The molecular formula is C24H26N4O3S. The first-order valence-electron chi connectivity index (χ1n) is 10.6. The second-order valence-electron chi connectivity index (χ2n) is 7.60. The molecule has 0 bridgehead atoms. The van der Waals surface area contributed by atoms with E-state index >= 15 is 0 Å². The first-order valence-corrected chi connectivity index (χ1v) is 11.4. The summed E-state index contributed by atoms with van der Waals surface area (Å²) in [7, 11) is 1.66. The molecule has 4 rings (SSSR count). The number of amides is 2. The predicted octanol–water partition coefficient (Wildman–Crippen LogP) is 3.22. The Morgan fingerprint density at radius 2 is 1.72 bits per heavy atom. The summed E-state index contributed by atoms with van der Waals surface area (Å²) in [6.45, 7) is 2.93. The monoisotopic (exact) mass is 450 g/mol. The quantitative estimate of drug-likeness (QED) is 0.598. The Labute approximate surface area is 191 Å². The summed E-state index contributed by atoms with van der Waals surface area (Å²) >= 11 is 1.35. The SMILES string of the molecule is COc1ccc(N2CCN(C(=O)Cc3csc(NC(=O)Cc4ccccc4)n3)CC2)cc1. The third kappa shape index (κ3) is 5.64. The molecule has 1 aliphatic rings. The number of rotatable bonds is 7. The normalized spacial score (nSPS) is 13.7. The molecule has 2 heterocycles. The van der Waals surface area contributed by atoms with Crippen molar-refractivity contribution in [2.24, 2.45) is 0 Å². The minimum absolute atomic E-state index is 0.0619. The van der Waals surface area contributed by atoms with E-state index in [9.17, 15) is 9.59 Å². The highest BCUT2D eigenvalue weighted by Gasteiger charge is 2.22. The van der Waals surface area contributed by atoms with E-state index in [1.54, 1.807) is 7.11 Å². The number of thiazole rings is 1. The molecule has 1 N–H and O–H groups in total. The lowest BCUT2D eigenvalue weighted by Gasteiger charge is -2.36. The van der Waals surface area contributed by atoms with Gasteiger partial charge in [0.1, 0.15) is 5.75 Å². The molecule has 1 saturated heterocycles. The lowest BCUT2D eigenvalue weighted by Crippen LogP contribution is -2.49. The van der Waals surface area contributed by atoms with E-state index < -0.39 is 0 Å². The van der Waals surface area contributed by atoms with Gasteiger partial charge in [-0.15, -0.1) is 11.3 Å². The molecule has 0 saturated carbocycles. The summed E-state index contributed by atoms with van der Waals surface area (Å²) in [6.07, 6.45) is 0.542. The number of carbonyl (C=O) groups excluding carboxylic acids is 2. The third-order valence-corrected chi connectivity index (χ3v) is 6.21. The van der Waals surface area contributed by atoms with Crippen LogP contribution in [0.3, 0.4) is 0 Å². The molecule has 1 aromatic heterocycles. The molecule has 1 aliphatic heterocycles. The molecule has 166 valence electrons. The van der Waals surface area contributed by atoms with Crippen LogP contribution in [0.25, 0.3) is 0 Å². The number of nitrogens with one attached hydrogen (secondary N) is 1. The summed E-state index contributed by atoms with van der Waals surface area (Å²) in [4.78, 5) is 33.5. The van der Waals surface area contributed by atoms with E-state index in [1.807, 2.05) is 64.9 Å². The minimum atomic E-state index is -0.113. The molecule has 2 amide bonds. The lowest BCUT2D eigenvalue weighted by atomic mass is 10.1. The van der Waals surface area contributed by atoms with Crippen LogP contribution in [0.5, 0.6) is 5.75 Å². The Kier molecular flexibility index (Phi) is 7.01. The van der Waals surface area contributed by atoms with Crippen LogP contribution in [0.2, 0.25) is 0 Å². The zero-order valence-corrected chi connectivity index (χ0v) is 18.8. The van der Waals surface area contributed by atoms with Gasteiger partial charge in [0.25, 0.3) is 0 Å². The number of nitrogens with zero attached hydrogens (tertiary/aromatic N) is 3. The molecule has 0 aliphatic carbocycles. The number of benzene rings is 2. The van der Waals surface area contributed by atoms with Crippen molar-refractivity contribution >= 4 is 34.0 Å². The van der Waals surface area contributed by atoms with Crippen LogP contribution in [-0.4, -0.2) is 55.0 Å². The maximum absolute atomic E-state index is 12.7. The number of piperazine rings is 1. The maximum atomic E-state index is 12.7. The van der Waals surface area contributed by atoms with Gasteiger partial charge in [-0.2, -0.15) is 0 Å². The number of hydrogen-bond donors (Lipinski definition) is 1. The van der Waals surface area contributed by atoms with Gasteiger partial charge < -0.3 is 19.9 Å². The van der Waals surface area contributed by atoms with Crippen LogP contribution in [0.1, 0.15) is 11.3 Å². The van der Waals surface area contributed by atoms with Crippen molar-refractivity contribution in [2.75, 3.05) is 43.5 Å². The minimum Gasteiger partial charge on any atom is -0.497 e. The fraction of sp³-hybridized carbons (Fsp3) is 0.292. The van der Waals surface area contributed by atoms with Crippen LogP contribution < -0.4 is 15.0 Å². The van der Waals surface area contributed by atoms with Gasteiger partial charge in [-0.1, -0.05) is 30.3 Å². The molecule has 32 heavy (non-hydrogen) atoms. The van der Waals surface area contributed by atoms with Crippen LogP contribution >= 0.6 is 11.3 Å². The standard InChI is InChI=1S/C24H26N4O3S/c1-31-21-9-7-20(8-10-21)27-11-13-28(14-12-27)23(30)16-19-17-32-24(25-19)26-22(29)15-18-5-3-2-4-6-18/h2-10,17H,11-16H2,1H3,(H,25,26,29). The molecule has 1 fully saturated rings. The van der Waals surface area contributed by atoms with E-state index in [4.69, 9.17) is 4.74 Å². The first kappa shape index (κ1) is 21.8. The van der Waals surface area contributed by atoms with Gasteiger partial charge in [-0.3, -0.25) is 9.59 Å². The van der Waals surface area contributed by atoms with Gasteiger partial charge in [-0.05, 0) is 29.8 Å². The molecule has 0 atom stereocenters. The van der Waals surface area contributed by atoms with Crippen LogP contribution in [0.15, 0.2) is 60.0 Å². The van der Waals surface area contributed by atoms with Crippen molar-refractivity contribution in [3.63, 3.8) is 0 Å². The Balaban J connectivity index is 1.25. The second-order valence-corrected chi connectivity index (χ2v) is 8.46. The van der Waals surface area contributed by atoms with Crippen LogP contribution in [-0.2, 0) is 22.4 Å². The van der Waals surface area contributed by atoms with Gasteiger partial charge in [0.2, 0.25) is 11.8 Å². The Morgan fingerprint density at radius 3 is 2.41 bits per heavy atom. The van der Waals surface area contributed by atoms with Crippen molar-refractivity contribution in [2.45, 2.75) is 12.8 Å². The number of aromatic nitrogens is 1. The average Bonchev–Trinajstić information content (AvgIpc) is 3.26. The Morgan fingerprint density at radius 1 is 1.00 bits per heavy atom. The van der Waals surface area contributed by atoms with E-state index in [-0.39, 0.29) is 18.2 Å². The zero-order valence-electron chi connectivity index (χ0n) is 18.0. The largest absolute Gasteiger partial charge is 0.497 e. The fourth-order valence-corrected chi connectivity index (χ4v) is 4.39. The topological polar surface area (TPSA) is 74.8 Å². The molecule has 0 spiro atoms. The van der Waals surface area contributed by atoms with Gasteiger partial charge in [-0.25, -0.2) is 4.98 Å². The van der Waals surface area contributed by atoms with E-state index in [2.05, 4.69) is 15.2 Å². The van der Waals surface area contributed by atoms with E-state index in [0.29, 0.717) is 30.3 Å². The smallest absolute Gasteiger partial charge is 0.230 e. The van der Waals surface area contributed by atoms with Gasteiger partial charge >= 0.3 is 0 Å². The van der Waals surface area contributed by atoms with Crippen molar-refractivity contribution in [1.82, 2.24) is 9.88 Å². The molecule has 8 heteroatoms. The van der Waals surface area contributed by atoms with E-state index in [1.165, 1.54) is 11.3 Å². The summed E-state index contributed by atoms with van der Waals surface area (Å²) in [5.74, 6) is 0.784. The van der Waals surface area contributed by atoms with Gasteiger partial charge in [0.15, 0.2) is 5.13 Å². The maximum Gasteiger partial charge on any atom is 0.230 e. The first-order chi connectivity index (χ1) is 15.6. The Bertz CT molecular complexity index is 1040. The van der Waals surface area contributed by atoms with Crippen LogP contribution in [0.4, 0.5) is 10.8 Å². The molecule has 3 aromatic rings. The fourth-order valence-electron chi connectivity index (χ4n) is 3.66. The van der Waals surface area contributed by atoms with Crippen molar-refractivity contribution in [3.05, 3.63) is 71.2 Å². The van der Waals surface area contributed by atoms with Gasteiger partial charge in [0, 0.05) is 37.2 Å². The average molecular weight is 451 g/mol. The third-order valence-electron chi connectivity index (χ3n) is 5.41. The summed E-state index contributed by atoms with van der Waals surface area (Å²) in [5.41, 5.74) is 2.77. The highest BCUT2D eigenvalue weighted by atomic mass is 32.1. The highest BCUT2D eigenvalue weighted by molar-refractivity contribution is 7.13. The molecule has 7 nitrogen and oxygen atoms in total. The molecule has 2 aromatic carbocycles. The summed E-state index contributed by atoms with van der Waals surface area (Å²) < 4.78 is 5.21. The summed E-state index contributed by atoms with van der Waals surface area (Å²) in [5, 5.41) is 5.19. The highest BCUT2D eigenvalue weighted by Crippen LogP contribution is 2.21. The van der Waals surface area contributed by atoms with Crippen molar-refractivity contribution in [3.8, 4) is 5.75 Å². The second kappa shape index (κ2) is 10.3. The molecular weight excluding hydrogens is 424 g/mol. The van der Waals surface area contributed by atoms with E-state index in [0.717, 1.165) is 30.1 Å². The molecule has 0 radical (unpaired) electrons. The van der Waals surface area contributed by atoms with Crippen molar-refractivity contribution < 1.29 is 14.3 Å². The number of ether oxygens (including phenoxy) is 1. The predicted molar refractivity (Wildman–Crippen MR) is 126 cm³/mol. The van der Waals surface area contributed by atoms with Gasteiger partial charge in [0.05, 0.1) is 25.6 Å². The summed E-state index contributed by atoms with van der Waals surface area (Å²) in [6, 6.07) is 17.6. The number of methoxy groups -OCH3 is 1. The lowest BCUT2D eigenvalue weighted by molar-refractivity contribution is -0.130. The van der Waals surface area contributed by atoms with Crippen LogP contribution in [0, 0.1) is 0 Å². The number of carbonyl (C=O) groups is 2. The molecule has 0 unspecified atom stereocenters. The number of hydrogen-bond acceptors (Lipinski definition) is 6. The Hall–Kier alpha value is -3.39. The number of anilines is 2. The zero-order chi connectivity index (χ0) is 22.3. The van der Waals surface area contributed by atoms with Crippen molar-refractivity contribution in [1.29, 1.82) is 0 Å².